The number of sulfonamides is 1. The van der Waals surface area contributed by atoms with Crippen LogP contribution in [0.5, 0.6) is 0 Å². The van der Waals surface area contributed by atoms with Gasteiger partial charge in [0.05, 0.1) is 10.6 Å². The number of hydrogen-bond donors (Lipinski definition) is 2. The normalized spacial score (nSPS) is 12.5. The van der Waals surface area contributed by atoms with Crippen molar-refractivity contribution in [2.75, 3.05) is 25.1 Å². The van der Waals surface area contributed by atoms with Crippen molar-refractivity contribution in [3.63, 3.8) is 0 Å². The van der Waals surface area contributed by atoms with Gasteiger partial charge in [-0.1, -0.05) is 19.1 Å². The molecule has 1 rings (SSSR count). The number of rotatable bonds is 9. The minimum Gasteiger partial charge on any atom is -0.317 e. The van der Waals surface area contributed by atoms with E-state index in [-0.39, 0.29) is 17.2 Å². The van der Waals surface area contributed by atoms with Gasteiger partial charge in [-0.2, -0.15) is 0 Å². The average Bonchev–Trinajstić information content (AvgIpc) is 2.41. The molecule has 2 N–H and O–H groups in total. The van der Waals surface area contributed by atoms with E-state index in [4.69, 9.17) is 0 Å². The average molecular weight is 334 g/mol. The van der Waals surface area contributed by atoms with E-state index in [0.29, 0.717) is 13.0 Å². The number of nitrogens with one attached hydrogen (secondary N) is 2. The summed E-state index contributed by atoms with van der Waals surface area (Å²) in [5.74, 6) is 0.0709. The van der Waals surface area contributed by atoms with Crippen LogP contribution in [-0.4, -0.2) is 41.9 Å². The molecule has 0 radical (unpaired) electrons. The summed E-state index contributed by atoms with van der Waals surface area (Å²) in [5.41, 5.74) is 0.720. The summed E-state index contributed by atoms with van der Waals surface area (Å²) in [6.07, 6.45) is 1.69. The summed E-state index contributed by atoms with van der Waals surface area (Å²) in [6.45, 7) is 3.61. The van der Waals surface area contributed by atoms with Crippen molar-refractivity contribution in [3.05, 3.63) is 29.8 Å². The fourth-order valence-corrected chi connectivity index (χ4v) is 3.37. The van der Waals surface area contributed by atoms with Crippen LogP contribution in [0, 0.1) is 0 Å². The van der Waals surface area contributed by atoms with E-state index in [0.717, 1.165) is 18.4 Å². The van der Waals surface area contributed by atoms with Crippen molar-refractivity contribution >= 4 is 19.9 Å². The van der Waals surface area contributed by atoms with Gasteiger partial charge in [0.1, 0.15) is 0 Å². The summed E-state index contributed by atoms with van der Waals surface area (Å²) in [5, 5.41) is 3.07. The van der Waals surface area contributed by atoms with E-state index in [2.05, 4.69) is 10.0 Å². The van der Waals surface area contributed by atoms with Crippen LogP contribution in [0.2, 0.25) is 0 Å². The molecule has 0 amide bonds. The number of benzene rings is 1. The zero-order chi connectivity index (χ0) is 15.9. The van der Waals surface area contributed by atoms with E-state index >= 15 is 0 Å². The Morgan fingerprint density at radius 1 is 1.05 bits per heavy atom. The Morgan fingerprint density at radius 3 is 2.19 bits per heavy atom. The van der Waals surface area contributed by atoms with Gasteiger partial charge in [-0.3, -0.25) is 0 Å². The van der Waals surface area contributed by atoms with Gasteiger partial charge in [-0.15, -0.1) is 0 Å². The lowest BCUT2D eigenvalue weighted by molar-refractivity contribution is 0.575. The van der Waals surface area contributed by atoms with Crippen LogP contribution in [0.25, 0.3) is 0 Å². The first-order chi connectivity index (χ1) is 9.74. The fraction of sp³-hybridized carbons (Fsp3) is 0.538. The zero-order valence-electron chi connectivity index (χ0n) is 12.3. The Balaban J connectivity index is 2.51. The standard InChI is InChI=1S/C13H22N2O4S2/c1-3-14-9-4-10-21(18,19)15-11-12-5-7-13(8-6-12)20(2,16)17/h5-8,14-15H,3-4,9-11H2,1-2H3. The van der Waals surface area contributed by atoms with Gasteiger partial charge in [0.2, 0.25) is 10.0 Å². The monoisotopic (exact) mass is 334 g/mol. The minimum absolute atomic E-state index is 0.0709. The van der Waals surface area contributed by atoms with Crippen LogP contribution in [0.4, 0.5) is 0 Å². The van der Waals surface area contributed by atoms with Gasteiger partial charge in [-0.05, 0) is 37.2 Å². The third-order valence-corrected chi connectivity index (χ3v) is 5.40. The highest BCUT2D eigenvalue weighted by atomic mass is 32.2. The molecule has 6 nitrogen and oxygen atoms in total. The Morgan fingerprint density at radius 2 is 1.67 bits per heavy atom. The molecule has 0 aromatic heterocycles. The molecule has 0 atom stereocenters. The number of hydrogen-bond acceptors (Lipinski definition) is 5. The fourth-order valence-electron chi connectivity index (χ4n) is 1.68. The topological polar surface area (TPSA) is 92.3 Å². The smallest absolute Gasteiger partial charge is 0.211 e. The SMILES string of the molecule is CCNCCCS(=O)(=O)NCc1ccc(S(C)(=O)=O)cc1. The third kappa shape index (κ3) is 7.03. The second kappa shape index (κ2) is 7.88. The van der Waals surface area contributed by atoms with E-state index < -0.39 is 19.9 Å². The highest BCUT2D eigenvalue weighted by Gasteiger charge is 2.10. The van der Waals surface area contributed by atoms with Crippen molar-refractivity contribution in [2.24, 2.45) is 0 Å². The van der Waals surface area contributed by atoms with E-state index in [1.54, 1.807) is 12.1 Å². The molecule has 1 aromatic carbocycles. The summed E-state index contributed by atoms with van der Waals surface area (Å²) < 4.78 is 48.7. The third-order valence-electron chi connectivity index (χ3n) is 2.86. The Labute approximate surface area is 126 Å². The molecule has 0 fully saturated rings. The second-order valence-electron chi connectivity index (χ2n) is 4.76. The zero-order valence-corrected chi connectivity index (χ0v) is 13.9. The first kappa shape index (κ1) is 18.1. The highest BCUT2D eigenvalue weighted by molar-refractivity contribution is 7.90. The summed E-state index contributed by atoms with van der Waals surface area (Å²) in [6, 6.07) is 6.17. The molecule has 120 valence electrons. The van der Waals surface area contributed by atoms with E-state index in [1.807, 2.05) is 6.92 Å². The molecule has 0 bridgehead atoms. The Hall–Kier alpha value is -0.960. The summed E-state index contributed by atoms with van der Waals surface area (Å²) in [4.78, 5) is 0.222. The molecule has 0 aliphatic heterocycles. The predicted octanol–water partition coefficient (Wildman–Crippen LogP) is 0.509. The molecule has 0 spiro atoms. The predicted molar refractivity (Wildman–Crippen MR) is 83.3 cm³/mol. The molecule has 0 unspecified atom stereocenters. The maximum Gasteiger partial charge on any atom is 0.211 e. The summed E-state index contributed by atoms with van der Waals surface area (Å²) >= 11 is 0. The molecule has 0 aliphatic carbocycles. The highest BCUT2D eigenvalue weighted by Crippen LogP contribution is 2.10. The van der Waals surface area contributed by atoms with Gasteiger partial charge < -0.3 is 5.32 Å². The Kier molecular flexibility index (Phi) is 6.79. The molecule has 0 saturated heterocycles. The maximum absolute atomic E-state index is 11.8. The first-order valence-electron chi connectivity index (χ1n) is 6.71. The van der Waals surface area contributed by atoms with Gasteiger partial charge in [0.15, 0.2) is 9.84 Å². The van der Waals surface area contributed by atoms with Crippen LogP contribution >= 0.6 is 0 Å². The Bertz CT molecular complexity index is 637. The van der Waals surface area contributed by atoms with Crippen LogP contribution < -0.4 is 10.0 Å². The number of sulfone groups is 1. The lowest BCUT2D eigenvalue weighted by Gasteiger charge is -2.07. The molecule has 8 heteroatoms. The molecular weight excluding hydrogens is 312 g/mol. The van der Waals surface area contributed by atoms with Gasteiger partial charge in [-0.25, -0.2) is 21.6 Å². The first-order valence-corrected chi connectivity index (χ1v) is 10.3. The molecule has 0 saturated carbocycles. The molecule has 0 heterocycles. The van der Waals surface area contributed by atoms with Crippen molar-refractivity contribution in [3.8, 4) is 0 Å². The van der Waals surface area contributed by atoms with Crippen LogP contribution in [0.1, 0.15) is 18.9 Å². The van der Waals surface area contributed by atoms with Crippen molar-refractivity contribution in [2.45, 2.75) is 24.8 Å². The summed E-state index contributed by atoms with van der Waals surface area (Å²) in [7, 11) is -6.53. The van der Waals surface area contributed by atoms with Gasteiger partial charge in [0.25, 0.3) is 0 Å². The minimum atomic E-state index is -3.31. The van der Waals surface area contributed by atoms with Gasteiger partial charge in [0, 0.05) is 12.8 Å². The van der Waals surface area contributed by atoms with Crippen molar-refractivity contribution < 1.29 is 16.8 Å². The van der Waals surface area contributed by atoms with Crippen LogP contribution in [0.15, 0.2) is 29.2 Å². The molecule has 1 aromatic rings. The van der Waals surface area contributed by atoms with E-state index in [9.17, 15) is 16.8 Å². The van der Waals surface area contributed by atoms with Crippen LogP contribution in [0.3, 0.4) is 0 Å². The molecule has 0 aliphatic rings. The molecular formula is C13H22N2O4S2. The van der Waals surface area contributed by atoms with Gasteiger partial charge >= 0.3 is 0 Å². The maximum atomic E-state index is 11.8. The largest absolute Gasteiger partial charge is 0.317 e. The van der Waals surface area contributed by atoms with Crippen LogP contribution in [-0.2, 0) is 26.4 Å². The van der Waals surface area contributed by atoms with Crippen molar-refractivity contribution in [1.82, 2.24) is 10.0 Å². The lowest BCUT2D eigenvalue weighted by Crippen LogP contribution is -2.28. The van der Waals surface area contributed by atoms with Crippen molar-refractivity contribution in [1.29, 1.82) is 0 Å². The molecule has 21 heavy (non-hydrogen) atoms. The second-order valence-corrected chi connectivity index (χ2v) is 8.71. The van der Waals surface area contributed by atoms with E-state index in [1.165, 1.54) is 12.1 Å². The lowest BCUT2D eigenvalue weighted by atomic mass is 10.2. The quantitative estimate of drug-likeness (QED) is 0.642.